The normalized spacial score (nSPS) is 14.3. The van der Waals surface area contributed by atoms with Crippen LogP contribution in [0.25, 0.3) is 22.1 Å². The number of hydrogen-bond donors (Lipinski definition) is 0. The number of ether oxygens (including phenoxy) is 1. The molecule has 172 valence electrons. The fourth-order valence-electron chi connectivity index (χ4n) is 4.23. The van der Waals surface area contributed by atoms with Crippen LogP contribution in [0.15, 0.2) is 88.3 Å². The average molecular weight is 456 g/mol. The van der Waals surface area contributed by atoms with E-state index in [-0.39, 0.29) is 12.5 Å². The Kier molecular flexibility index (Phi) is 6.35. The molecule has 7 heteroatoms. The second-order valence-electron chi connectivity index (χ2n) is 8.30. The highest BCUT2D eigenvalue weighted by Crippen LogP contribution is 2.29. The number of hydrogen-bond acceptors (Lipinski definition) is 6. The predicted molar refractivity (Wildman–Crippen MR) is 130 cm³/mol. The van der Waals surface area contributed by atoms with E-state index in [9.17, 15) is 9.59 Å². The van der Waals surface area contributed by atoms with Gasteiger partial charge in [-0.05, 0) is 41.0 Å². The molecule has 0 spiro atoms. The summed E-state index contributed by atoms with van der Waals surface area (Å²) in [5, 5.41) is 0.815. The Hall–Kier alpha value is -3.97. The molecular weight excluding hydrogens is 430 g/mol. The first-order chi connectivity index (χ1) is 16.7. The highest BCUT2D eigenvalue weighted by molar-refractivity contribution is 5.93. The number of nitrogens with zero attached hydrogens (tertiary/aromatic N) is 3. The van der Waals surface area contributed by atoms with Crippen LogP contribution in [0.1, 0.15) is 5.56 Å². The Balaban J connectivity index is 1.21. The monoisotopic (exact) mass is 455 g/mol. The standard InChI is InChI=1S/C27H25N3O4/c31-26(30-14-12-29(13-15-30)18-20-8-10-28-11-9-20)19-33-22-6-7-23-24(21-4-2-1-3-5-21)17-27(32)34-25(23)16-22/h1-11,16-17H,12-15,18-19H2. The maximum absolute atomic E-state index is 12.7. The van der Waals surface area contributed by atoms with Gasteiger partial charge in [-0.2, -0.15) is 0 Å². The van der Waals surface area contributed by atoms with Crippen LogP contribution in [0.2, 0.25) is 0 Å². The number of fused-ring (bicyclic) bond motifs is 1. The molecule has 2 aromatic heterocycles. The van der Waals surface area contributed by atoms with Gasteiger partial charge < -0.3 is 14.1 Å². The Bertz CT molecular complexity index is 1330. The lowest BCUT2D eigenvalue weighted by molar-refractivity contribution is -0.135. The van der Waals surface area contributed by atoms with Gasteiger partial charge >= 0.3 is 5.63 Å². The first kappa shape index (κ1) is 21.9. The molecule has 1 fully saturated rings. The highest BCUT2D eigenvalue weighted by atomic mass is 16.5. The van der Waals surface area contributed by atoms with Crippen molar-refractivity contribution in [2.45, 2.75) is 6.54 Å². The van der Waals surface area contributed by atoms with Crippen molar-refractivity contribution in [3.63, 3.8) is 0 Å². The number of carbonyl (C=O) groups excluding carboxylic acids is 1. The molecule has 3 heterocycles. The Morgan fingerprint density at radius 2 is 1.71 bits per heavy atom. The molecule has 1 amide bonds. The molecular formula is C27H25N3O4. The van der Waals surface area contributed by atoms with Crippen LogP contribution in [0, 0.1) is 0 Å². The van der Waals surface area contributed by atoms with Gasteiger partial charge in [-0.25, -0.2) is 4.79 Å². The largest absolute Gasteiger partial charge is 0.484 e. The smallest absolute Gasteiger partial charge is 0.336 e. The number of rotatable bonds is 6. The molecule has 0 aliphatic carbocycles. The third-order valence-electron chi connectivity index (χ3n) is 6.04. The van der Waals surface area contributed by atoms with Crippen LogP contribution in [0.5, 0.6) is 5.75 Å². The van der Waals surface area contributed by atoms with Crippen molar-refractivity contribution in [2.75, 3.05) is 32.8 Å². The molecule has 1 aliphatic rings. The zero-order valence-electron chi connectivity index (χ0n) is 18.7. The molecule has 4 aromatic rings. The van der Waals surface area contributed by atoms with Crippen LogP contribution in [0.4, 0.5) is 0 Å². The van der Waals surface area contributed by atoms with Gasteiger partial charge in [-0.15, -0.1) is 0 Å². The van der Waals surface area contributed by atoms with Gasteiger partial charge in [-0.1, -0.05) is 30.3 Å². The number of carbonyl (C=O) groups is 1. The van der Waals surface area contributed by atoms with Crippen molar-refractivity contribution >= 4 is 16.9 Å². The Morgan fingerprint density at radius 1 is 0.941 bits per heavy atom. The van der Waals surface area contributed by atoms with E-state index < -0.39 is 5.63 Å². The van der Waals surface area contributed by atoms with Crippen LogP contribution in [-0.2, 0) is 11.3 Å². The van der Waals surface area contributed by atoms with E-state index in [0.29, 0.717) is 24.4 Å². The SMILES string of the molecule is O=C(COc1ccc2c(-c3ccccc3)cc(=O)oc2c1)N1CCN(Cc2ccncc2)CC1. The fourth-order valence-corrected chi connectivity index (χ4v) is 4.23. The molecule has 5 rings (SSSR count). The third-order valence-corrected chi connectivity index (χ3v) is 6.04. The van der Waals surface area contributed by atoms with Crippen molar-refractivity contribution in [2.24, 2.45) is 0 Å². The summed E-state index contributed by atoms with van der Waals surface area (Å²) in [5.41, 5.74) is 2.97. The van der Waals surface area contributed by atoms with E-state index in [0.717, 1.165) is 36.1 Å². The predicted octanol–water partition coefficient (Wildman–Crippen LogP) is 3.58. The van der Waals surface area contributed by atoms with Gasteiger partial charge in [0.25, 0.3) is 5.91 Å². The molecule has 0 radical (unpaired) electrons. The van der Waals surface area contributed by atoms with Crippen LogP contribution >= 0.6 is 0 Å². The summed E-state index contributed by atoms with van der Waals surface area (Å²) in [6, 6.07) is 20.5. The topological polar surface area (TPSA) is 75.9 Å². The lowest BCUT2D eigenvalue weighted by Gasteiger charge is -2.34. The van der Waals surface area contributed by atoms with E-state index in [1.807, 2.05) is 53.4 Å². The van der Waals surface area contributed by atoms with E-state index in [1.54, 1.807) is 24.5 Å². The molecule has 0 atom stereocenters. The van der Waals surface area contributed by atoms with Crippen molar-refractivity contribution in [3.05, 3.63) is 95.1 Å². The summed E-state index contributed by atoms with van der Waals surface area (Å²) in [4.78, 5) is 33.0. The quantitative estimate of drug-likeness (QED) is 0.414. The van der Waals surface area contributed by atoms with Crippen molar-refractivity contribution in [1.82, 2.24) is 14.8 Å². The molecule has 7 nitrogen and oxygen atoms in total. The second-order valence-corrected chi connectivity index (χ2v) is 8.30. The lowest BCUT2D eigenvalue weighted by atomic mass is 10.0. The molecule has 0 unspecified atom stereocenters. The van der Waals surface area contributed by atoms with Crippen LogP contribution in [0.3, 0.4) is 0 Å². The van der Waals surface area contributed by atoms with Crippen molar-refractivity contribution < 1.29 is 13.9 Å². The average Bonchev–Trinajstić information content (AvgIpc) is 2.88. The number of amides is 1. The first-order valence-electron chi connectivity index (χ1n) is 11.3. The summed E-state index contributed by atoms with van der Waals surface area (Å²) in [6.07, 6.45) is 3.60. The van der Waals surface area contributed by atoms with E-state index >= 15 is 0 Å². The minimum Gasteiger partial charge on any atom is -0.484 e. The molecule has 1 aliphatic heterocycles. The fraction of sp³-hybridized carbons (Fsp3) is 0.222. The van der Waals surface area contributed by atoms with Crippen LogP contribution < -0.4 is 10.4 Å². The highest BCUT2D eigenvalue weighted by Gasteiger charge is 2.21. The zero-order chi connectivity index (χ0) is 23.3. The van der Waals surface area contributed by atoms with Gasteiger partial charge in [-0.3, -0.25) is 14.7 Å². The van der Waals surface area contributed by atoms with Gasteiger partial charge in [0.15, 0.2) is 6.61 Å². The maximum atomic E-state index is 12.7. The Morgan fingerprint density at radius 3 is 2.47 bits per heavy atom. The lowest BCUT2D eigenvalue weighted by Crippen LogP contribution is -2.49. The van der Waals surface area contributed by atoms with Gasteiger partial charge in [0.2, 0.25) is 0 Å². The second kappa shape index (κ2) is 9.89. The molecule has 1 saturated heterocycles. The molecule has 0 N–H and O–H groups in total. The minimum atomic E-state index is -0.427. The zero-order valence-corrected chi connectivity index (χ0v) is 18.7. The van der Waals surface area contributed by atoms with Crippen molar-refractivity contribution in [3.8, 4) is 16.9 Å². The minimum absolute atomic E-state index is 0.0526. The summed E-state index contributed by atoms with van der Waals surface area (Å²) in [7, 11) is 0. The van der Waals surface area contributed by atoms with Gasteiger partial charge in [0.1, 0.15) is 11.3 Å². The van der Waals surface area contributed by atoms with E-state index in [4.69, 9.17) is 9.15 Å². The number of aromatic nitrogens is 1. The van der Waals surface area contributed by atoms with E-state index in [2.05, 4.69) is 9.88 Å². The first-order valence-corrected chi connectivity index (χ1v) is 11.3. The van der Waals surface area contributed by atoms with Gasteiger partial charge in [0.05, 0.1) is 0 Å². The molecule has 2 aromatic carbocycles. The summed E-state index contributed by atoms with van der Waals surface area (Å²) in [5.74, 6) is 0.439. The maximum Gasteiger partial charge on any atom is 0.336 e. The van der Waals surface area contributed by atoms with Crippen molar-refractivity contribution in [1.29, 1.82) is 0 Å². The third kappa shape index (κ3) is 5.00. The van der Waals surface area contributed by atoms with E-state index in [1.165, 1.54) is 11.6 Å². The van der Waals surface area contributed by atoms with Crippen LogP contribution in [-0.4, -0.2) is 53.5 Å². The summed E-state index contributed by atoms with van der Waals surface area (Å²) < 4.78 is 11.2. The summed E-state index contributed by atoms with van der Waals surface area (Å²) in [6.45, 7) is 3.77. The number of benzene rings is 2. The Labute approximate surface area is 197 Å². The number of pyridine rings is 1. The number of piperazine rings is 1. The van der Waals surface area contributed by atoms with Gasteiger partial charge in [0, 0.05) is 62.6 Å². The molecule has 0 bridgehead atoms. The molecule has 34 heavy (non-hydrogen) atoms. The summed E-state index contributed by atoms with van der Waals surface area (Å²) >= 11 is 0. The molecule has 0 saturated carbocycles.